The highest BCUT2D eigenvalue weighted by Gasteiger charge is 2.41. The molecule has 8 heteroatoms. The number of fused-ring (bicyclic) bond motifs is 1. The van der Waals surface area contributed by atoms with Gasteiger partial charge in [0.25, 0.3) is 0 Å². The van der Waals surface area contributed by atoms with E-state index in [0.29, 0.717) is 23.7 Å². The average Bonchev–Trinajstić information content (AvgIpc) is 2.87. The molecule has 24 heavy (non-hydrogen) atoms. The number of likely N-dealkylation sites (tertiary alicyclic amines) is 1. The van der Waals surface area contributed by atoms with Crippen molar-refractivity contribution in [2.24, 2.45) is 5.92 Å². The molecule has 2 atom stereocenters. The summed E-state index contributed by atoms with van der Waals surface area (Å²) in [5, 5.41) is 2.84. The van der Waals surface area contributed by atoms with Gasteiger partial charge in [0, 0.05) is 24.9 Å². The number of hydrogen-bond donors (Lipinski definition) is 1. The average molecular weight is 342 g/mol. The number of ether oxygens (including phenoxy) is 1. The van der Waals surface area contributed by atoms with Crippen LogP contribution in [0.3, 0.4) is 0 Å². The molecule has 2 amide bonds. The van der Waals surface area contributed by atoms with Crippen molar-refractivity contribution in [1.82, 2.24) is 10.2 Å². The molecule has 1 aromatic carbocycles. The molecule has 0 aliphatic carbocycles. The number of amides is 2. The van der Waals surface area contributed by atoms with Gasteiger partial charge in [-0.2, -0.15) is 13.2 Å². The Morgan fingerprint density at radius 2 is 2.08 bits per heavy atom. The van der Waals surface area contributed by atoms with Gasteiger partial charge in [-0.05, 0) is 6.07 Å². The van der Waals surface area contributed by atoms with Crippen LogP contribution >= 0.6 is 0 Å². The Hall–Kier alpha value is -2.25. The smallest absolute Gasteiger partial charge is 0.406 e. The van der Waals surface area contributed by atoms with E-state index in [1.54, 1.807) is 6.07 Å². The summed E-state index contributed by atoms with van der Waals surface area (Å²) in [5.74, 6) is -1.10. The molecule has 2 heterocycles. The van der Waals surface area contributed by atoms with Crippen LogP contribution in [0.2, 0.25) is 0 Å². The van der Waals surface area contributed by atoms with Gasteiger partial charge in [-0.1, -0.05) is 18.2 Å². The first-order valence-corrected chi connectivity index (χ1v) is 7.70. The number of hydrogen-bond acceptors (Lipinski definition) is 3. The molecule has 1 saturated heterocycles. The Labute approximate surface area is 136 Å². The summed E-state index contributed by atoms with van der Waals surface area (Å²) in [6, 6.07) is 7.05. The normalized spacial score (nSPS) is 23.6. The standard InChI is InChI=1S/C16H17F3N2O3/c17-16(18,19)9-21-8-10(7-14(21)22)15(23)20-12-5-6-24-13-4-2-1-3-11(12)13/h1-4,10,12H,5-9H2,(H,20,23)/t10-,12-/m0/s1. The highest BCUT2D eigenvalue weighted by atomic mass is 19.4. The Morgan fingerprint density at radius 1 is 1.33 bits per heavy atom. The Kier molecular flexibility index (Phi) is 4.38. The van der Waals surface area contributed by atoms with Crippen molar-refractivity contribution in [2.45, 2.75) is 25.1 Å². The fraction of sp³-hybridized carbons (Fsp3) is 0.500. The van der Waals surface area contributed by atoms with E-state index in [1.807, 2.05) is 18.2 Å². The molecular weight excluding hydrogens is 325 g/mol. The Bertz CT molecular complexity index is 648. The third-order valence-corrected chi connectivity index (χ3v) is 4.23. The second kappa shape index (κ2) is 6.33. The minimum absolute atomic E-state index is 0.188. The molecule has 0 aromatic heterocycles. The third-order valence-electron chi connectivity index (χ3n) is 4.23. The summed E-state index contributed by atoms with van der Waals surface area (Å²) >= 11 is 0. The zero-order chi connectivity index (χ0) is 17.3. The maximum absolute atomic E-state index is 12.4. The van der Waals surface area contributed by atoms with Gasteiger partial charge >= 0.3 is 6.18 Å². The van der Waals surface area contributed by atoms with Crippen molar-refractivity contribution in [2.75, 3.05) is 19.7 Å². The minimum atomic E-state index is -4.46. The molecule has 0 bridgehead atoms. The van der Waals surface area contributed by atoms with Crippen LogP contribution in [0.15, 0.2) is 24.3 Å². The lowest BCUT2D eigenvalue weighted by molar-refractivity contribution is -0.157. The quantitative estimate of drug-likeness (QED) is 0.915. The predicted octanol–water partition coefficient (Wildman–Crippen LogP) is 2.04. The molecule has 0 saturated carbocycles. The number of halogens is 3. The first-order chi connectivity index (χ1) is 11.3. The largest absolute Gasteiger partial charge is 0.493 e. The molecule has 2 aliphatic rings. The van der Waals surface area contributed by atoms with Gasteiger partial charge in [-0.3, -0.25) is 9.59 Å². The van der Waals surface area contributed by atoms with E-state index < -0.39 is 30.5 Å². The molecule has 0 radical (unpaired) electrons. The van der Waals surface area contributed by atoms with Gasteiger partial charge in [-0.25, -0.2) is 0 Å². The lowest BCUT2D eigenvalue weighted by Crippen LogP contribution is -2.39. The Balaban J connectivity index is 1.63. The zero-order valence-corrected chi connectivity index (χ0v) is 12.8. The highest BCUT2D eigenvalue weighted by molar-refractivity contribution is 5.89. The lowest BCUT2D eigenvalue weighted by Gasteiger charge is -2.27. The van der Waals surface area contributed by atoms with Gasteiger partial charge in [-0.15, -0.1) is 0 Å². The number of rotatable bonds is 3. The van der Waals surface area contributed by atoms with E-state index in [4.69, 9.17) is 4.74 Å². The first kappa shape index (κ1) is 16.6. The fourth-order valence-electron chi connectivity index (χ4n) is 3.10. The topological polar surface area (TPSA) is 58.6 Å². The molecule has 130 valence electrons. The van der Waals surface area contributed by atoms with E-state index in [1.165, 1.54) is 0 Å². The molecule has 2 aliphatic heterocycles. The molecule has 0 spiro atoms. The summed E-state index contributed by atoms with van der Waals surface area (Å²) in [5.41, 5.74) is 0.841. The van der Waals surface area contributed by atoms with Crippen LogP contribution in [0.5, 0.6) is 5.75 Å². The van der Waals surface area contributed by atoms with Crippen molar-refractivity contribution in [1.29, 1.82) is 0 Å². The van der Waals surface area contributed by atoms with Crippen LogP contribution in [0.4, 0.5) is 13.2 Å². The van der Waals surface area contributed by atoms with Gasteiger partial charge in [0.15, 0.2) is 0 Å². The van der Waals surface area contributed by atoms with E-state index in [-0.39, 0.29) is 19.0 Å². The summed E-state index contributed by atoms with van der Waals surface area (Å²) < 4.78 is 42.8. The molecule has 0 unspecified atom stereocenters. The van der Waals surface area contributed by atoms with E-state index in [2.05, 4.69) is 5.32 Å². The van der Waals surface area contributed by atoms with E-state index in [0.717, 1.165) is 5.56 Å². The SMILES string of the molecule is O=C(N[C@H]1CCOc2ccccc21)[C@H]1CC(=O)N(CC(F)(F)F)C1. The second-order valence-corrected chi connectivity index (χ2v) is 6.03. The molecule has 1 N–H and O–H groups in total. The molecule has 5 nitrogen and oxygen atoms in total. The molecular formula is C16H17F3N2O3. The van der Waals surface area contributed by atoms with Gasteiger partial charge < -0.3 is 15.0 Å². The monoisotopic (exact) mass is 342 g/mol. The van der Waals surface area contributed by atoms with Crippen molar-refractivity contribution < 1.29 is 27.5 Å². The van der Waals surface area contributed by atoms with E-state index in [9.17, 15) is 22.8 Å². The summed E-state index contributed by atoms with van der Waals surface area (Å²) in [4.78, 5) is 24.7. The van der Waals surface area contributed by atoms with Crippen LogP contribution in [-0.2, 0) is 9.59 Å². The van der Waals surface area contributed by atoms with Crippen molar-refractivity contribution in [3.63, 3.8) is 0 Å². The number of benzene rings is 1. The number of para-hydroxylation sites is 1. The molecule has 1 aromatic rings. The van der Waals surface area contributed by atoms with Crippen LogP contribution in [0.25, 0.3) is 0 Å². The van der Waals surface area contributed by atoms with Crippen LogP contribution in [0, 0.1) is 5.92 Å². The van der Waals surface area contributed by atoms with Gasteiger partial charge in [0.1, 0.15) is 12.3 Å². The van der Waals surface area contributed by atoms with Crippen LogP contribution < -0.4 is 10.1 Å². The molecule has 1 fully saturated rings. The number of carbonyl (C=O) groups is 2. The first-order valence-electron chi connectivity index (χ1n) is 7.70. The lowest BCUT2D eigenvalue weighted by atomic mass is 9.99. The van der Waals surface area contributed by atoms with E-state index >= 15 is 0 Å². The zero-order valence-electron chi connectivity index (χ0n) is 12.8. The van der Waals surface area contributed by atoms with Crippen molar-refractivity contribution in [3.8, 4) is 5.75 Å². The minimum Gasteiger partial charge on any atom is -0.493 e. The number of nitrogens with one attached hydrogen (secondary N) is 1. The fourth-order valence-corrected chi connectivity index (χ4v) is 3.10. The Morgan fingerprint density at radius 3 is 2.83 bits per heavy atom. The molecule has 3 rings (SSSR count). The van der Waals surface area contributed by atoms with Crippen molar-refractivity contribution in [3.05, 3.63) is 29.8 Å². The summed E-state index contributed by atoms with van der Waals surface area (Å²) in [6.45, 7) is -1.06. The van der Waals surface area contributed by atoms with Gasteiger partial charge in [0.05, 0.1) is 18.6 Å². The number of alkyl halides is 3. The summed E-state index contributed by atoms with van der Waals surface area (Å²) in [7, 11) is 0. The third kappa shape index (κ3) is 3.63. The number of carbonyl (C=O) groups excluding carboxylic acids is 2. The predicted molar refractivity (Wildman–Crippen MR) is 78.2 cm³/mol. The summed E-state index contributed by atoms with van der Waals surface area (Å²) in [6.07, 6.45) is -4.07. The van der Waals surface area contributed by atoms with Crippen LogP contribution in [0.1, 0.15) is 24.4 Å². The maximum Gasteiger partial charge on any atom is 0.406 e. The van der Waals surface area contributed by atoms with Crippen molar-refractivity contribution >= 4 is 11.8 Å². The second-order valence-electron chi connectivity index (χ2n) is 6.03. The number of nitrogens with zero attached hydrogens (tertiary/aromatic N) is 1. The van der Waals surface area contributed by atoms with Gasteiger partial charge in [0.2, 0.25) is 11.8 Å². The maximum atomic E-state index is 12.4. The van der Waals surface area contributed by atoms with Crippen LogP contribution in [-0.4, -0.2) is 42.6 Å². The highest BCUT2D eigenvalue weighted by Crippen LogP contribution is 2.32.